The fourth-order valence-electron chi connectivity index (χ4n) is 2.37. The van der Waals surface area contributed by atoms with E-state index in [9.17, 15) is 0 Å². The van der Waals surface area contributed by atoms with Gasteiger partial charge in [-0.25, -0.2) is 0 Å². The highest BCUT2D eigenvalue weighted by atomic mass is 16.5. The molecule has 3 rings (SSSR count). The van der Waals surface area contributed by atoms with Crippen LogP contribution >= 0.6 is 0 Å². The normalized spacial score (nSPS) is 12.5. The van der Waals surface area contributed by atoms with Crippen LogP contribution in [0.2, 0.25) is 0 Å². The Kier molecular flexibility index (Phi) is 3.79. The number of methoxy groups -OCH3 is 1. The molecule has 0 spiro atoms. The summed E-state index contributed by atoms with van der Waals surface area (Å²) >= 11 is 0. The molecule has 0 saturated carbocycles. The summed E-state index contributed by atoms with van der Waals surface area (Å²) in [5, 5.41) is 19.7. The molecule has 1 unspecified atom stereocenters. The Morgan fingerprint density at radius 3 is 2.71 bits per heavy atom. The molecule has 2 aromatic carbocycles. The average Bonchev–Trinajstić information content (AvgIpc) is 3.06. The number of H-pyrrole nitrogens is 1. The quantitative estimate of drug-likeness (QED) is 0.751. The summed E-state index contributed by atoms with van der Waals surface area (Å²) in [5.41, 5.74) is 1.21. The molecule has 6 nitrogen and oxygen atoms in total. The van der Waals surface area contributed by atoms with Crippen molar-refractivity contribution in [3.05, 3.63) is 47.8 Å². The number of fused-ring (bicyclic) bond motifs is 1. The maximum Gasteiger partial charge on any atom is 0.191 e. The van der Waals surface area contributed by atoms with E-state index in [2.05, 4.69) is 44.1 Å². The zero-order chi connectivity index (χ0) is 14.7. The highest BCUT2D eigenvalue weighted by Crippen LogP contribution is 2.28. The van der Waals surface area contributed by atoms with Gasteiger partial charge in [-0.3, -0.25) is 0 Å². The summed E-state index contributed by atoms with van der Waals surface area (Å²) in [7, 11) is 1.69. The fourth-order valence-corrected chi connectivity index (χ4v) is 2.37. The Morgan fingerprint density at radius 2 is 2.00 bits per heavy atom. The van der Waals surface area contributed by atoms with Crippen molar-refractivity contribution in [2.45, 2.75) is 19.5 Å². The molecule has 0 amide bonds. The molecule has 0 aliphatic carbocycles. The molecule has 0 aliphatic heterocycles. The third kappa shape index (κ3) is 2.71. The molecule has 1 aromatic heterocycles. The Morgan fingerprint density at radius 1 is 1.19 bits per heavy atom. The van der Waals surface area contributed by atoms with Crippen LogP contribution in [0.5, 0.6) is 5.75 Å². The highest BCUT2D eigenvalue weighted by molar-refractivity contribution is 5.91. The summed E-state index contributed by atoms with van der Waals surface area (Å²) in [6.07, 6.45) is 0. The monoisotopic (exact) mass is 283 g/mol. The van der Waals surface area contributed by atoms with Gasteiger partial charge >= 0.3 is 0 Å². The molecule has 0 fully saturated rings. The molecule has 21 heavy (non-hydrogen) atoms. The van der Waals surface area contributed by atoms with Crippen molar-refractivity contribution in [1.29, 1.82) is 0 Å². The Balaban J connectivity index is 1.84. The van der Waals surface area contributed by atoms with Gasteiger partial charge in [0.25, 0.3) is 0 Å². The van der Waals surface area contributed by atoms with E-state index in [0.29, 0.717) is 5.82 Å². The molecule has 2 N–H and O–H groups in total. The van der Waals surface area contributed by atoms with Crippen molar-refractivity contribution in [2.75, 3.05) is 7.11 Å². The van der Waals surface area contributed by atoms with Gasteiger partial charge < -0.3 is 10.1 Å². The van der Waals surface area contributed by atoms with E-state index in [1.165, 1.54) is 10.9 Å². The van der Waals surface area contributed by atoms with Gasteiger partial charge in [-0.05, 0) is 23.9 Å². The smallest absolute Gasteiger partial charge is 0.191 e. The fraction of sp³-hybridized carbons (Fsp3) is 0.267. The summed E-state index contributed by atoms with van der Waals surface area (Å²) < 4.78 is 5.41. The largest absolute Gasteiger partial charge is 0.496 e. The lowest BCUT2D eigenvalue weighted by Crippen LogP contribution is -2.19. The average molecular weight is 283 g/mol. The minimum atomic E-state index is 0.0320. The first-order valence-corrected chi connectivity index (χ1v) is 6.81. The maximum atomic E-state index is 5.41. The topological polar surface area (TPSA) is 75.7 Å². The van der Waals surface area contributed by atoms with E-state index in [1.54, 1.807) is 7.11 Å². The second-order valence-corrected chi connectivity index (χ2v) is 4.85. The minimum absolute atomic E-state index is 0.0320. The number of benzene rings is 2. The third-order valence-electron chi connectivity index (χ3n) is 3.54. The number of aromatic nitrogens is 4. The number of tetrazole rings is 1. The molecule has 0 saturated heterocycles. The number of hydrogen-bond donors (Lipinski definition) is 2. The van der Waals surface area contributed by atoms with Crippen LogP contribution in [-0.4, -0.2) is 27.7 Å². The van der Waals surface area contributed by atoms with Crippen molar-refractivity contribution in [3.63, 3.8) is 0 Å². The number of nitrogens with zero attached hydrogens (tertiary/aromatic N) is 3. The molecule has 3 aromatic rings. The van der Waals surface area contributed by atoms with Gasteiger partial charge in [0.15, 0.2) is 5.82 Å². The van der Waals surface area contributed by atoms with Crippen LogP contribution in [0, 0.1) is 0 Å². The molecule has 0 bridgehead atoms. The van der Waals surface area contributed by atoms with E-state index < -0.39 is 0 Å². The molecule has 0 aliphatic rings. The molecule has 1 atom stereocenters. The second kappa shape index (κ2) is 5.88. The SMILES string of the molecule is COc1ccc(CNC(C)c2nn[nH]n2)c2ccccc12. The lowest BCUT2D eigenvalue weighted by Gasteiger charge is -2.13. The standard InChI is InChI=1S/C15H17N5O/c1-10(15-17-19-20-18-15)16-9-11-7-8-14(21-2)13-6-4-3-5-12(11)13/h3-8,10,16H,9H2,1-2H3,(H,17,18,19,20). The van der Waals surface area contributed by atoms with Crippen LogP contribution in [-0.2, 0) is 6.54 Å². The van der Waals surface area contributed by atoms with Crippen LogP contribution in [0.1, 0.15) is 24.4 Å². The number of rotatable bonds is 5. The Labute approximate surface area is 122 Å². The van der Waals surface area contributed by atoms with Crippen molar-refractivity contribution in [1.82, 2.24) is 25.9 Å². The van der Waals surface area contributed by atoms with Crippen LogP contribution < -0.4 is 10.1 Å². The molecule has 1 heterocycles. The van der Waals surface area contributed by atoms with E-state index in [0.717, 1.165) is 17.7 Å². The lowest BCUT2D eigenvalue weighted by molar-refractivity contribution is 0.419. The number of ether oxygens (including phenoxy) is 1. The Bertz CT molecular complexity index is 726. The summed E-state index contributed by atoms with van der Waals surface area (Å²) in [4.78, 5) is 0. The predicted octanol–water partition coefficient (Wildman–Crippen LogP) is 2.21. The van der Waals surface area contributed by atoms with Gasteiger partial charge in [-0.2, -0.15) is 5.21 Å². The number of nitrogens with one attached hydrogen (secondary N) is 2. The van der Waals surface area contributed by atoms with E-state index in [1.807, 2.05) is 25.1 Å². The van der Waals surface area contributed by atoms with E-state index >= 15 is 0 Å². The van der Waals surface area contributed by atoms with Crippen molar-refractivity contribution >= 4 is 10.8 Å². The van der Waals surface area contributed by atoms with Gasteiger partial charge in [0.2, 0.25) is 0 Å². The highest BCUT2D eigenvalue weighted by Gasteiger charge is 2.11. The lowest BCUT2D eigenvalue weighted by atomic mass is 10.0. The third-order valence-corrected chi connectivity index (χ3v) is 3.54. The number of aromatic amines is 1. The van der Waals surface area contributed by atoms with Crippen LogP contribution in [0.4, 0.5) is 0 Å². The number of hydrogen-bond acceptors (Lipinski definition) is 5. The first-order valence-electron chi connectivity index (χ1n) is 6.81. The first-order chi connectivity index (χ1) is 10.3. The predicted molar refractivity (Wildman–Crippen MR) is 79.9 cm³/mol. The van der Waals surface area contributed by atoms with E-state index in [4.69, 9.17) is 4.74 Å². The van der Waals surface area contributed by atoms with Crippen molar-refractivity contribution < 1.29 is 4.74 Å². The summed E-state index contributed by atoms with van der Waals surface area (Å²) in [6, 6.07) is 12.3. The van der Waals surface area contributed by atoms with Crippen LogP contribution in [0.25, 0.3) is 10.8 Å². The first kappa shape index (κ1) is 13.5. The zero-order valence-electron chi connectivity index (χ0n) is 12.0. The van der Waals surface area contributed by atoms with Crippen LogP contribution in [0.15, 0.2) is 36.4 Å². The van der Waals surface area contributed by atoms with Gasteiger partial charge in [0.1, 0.15) is 5.75 Å². The molecule has 6 heteroatoms. The van der Waals surface area contributed by atoms with E-state index in [-0.39, 0.29) is 6.04 Å². The van der Waals surface area contributed by atoms with Gasteiger partial charge in [0, 0.05) is 11.9 Å². The minimum Gasteiger partial charge on any atom is -0.496 e. The van der Waals surface area contributed by atoms with Crippen molar-refractivity contribution in [2.24, 2.45) is 0 Å². The van der Waals surface area contributed by atoms with Gasteiger partial charge in [-0.15, -0.1) is 10.2 Å². The molecular formula is C15H17N5O. The van der Waals surface area contributed by atoms with Crippen LogP contribution in [0.3, 0.4) is 0 Å². The summed E-state index contributed by atoms with van der Waals surface area (Å²) in [5.74, 6) is 1.55. The zero-order valence-corrected chi connectivity index (χ0v) is 12.0. The van der Waals surface area contributed by atoms with Crippen molar-refractivity contribution in [3.8, 4) is 5.75 Å². The molecule has 108 valence electrons. The maximum absolute atomic E-state index is 5.41. The Hall–Kier alpha value is -2.47. The molecular weight excluding hydrogens is 266 g/mol. The molecule has 0 radical (unpaired) electrons. The second-order valence-electron chi connectivity index (χ2n) is 4.85. The summed E-state index contributed by atoms with van der Waals surface area (Å²) in [6.45, 7) is 2.73. The van der Waals surface area contributed by atoms with Gasteiger partial charge in [-0.1, -0.05) is 35.5 Å². The van der Waals surface area contributed by atoms with Gasteiger partial charge in [0.05, 0.1) is 13.2 Å².